The highest BCUT2D eigenvalue weighted by molar-refractivity contribution is 9.11. The summed E-state index contributed by atoms with van der Waals surface area (Å²) in [5.41, 5.74) is 2.23. The highest BCUT2D eigenvalue weighted by Gasteiger charge is 2.37. The first-order valence-corrected chi connectivity index (χ1v) is 12.1. The van der Waals surface area contributed by atoms with E-state index in [1.165, 1.54) is 23.6 Å². The number of rotatable bonds is 2. The number of fused-ring (bicyclic) bond motifs is 3. The molecule has 4 rings (SSSR count). The van der Waals surface area contributed by atoms with Gasteiger partial charge in [0.2, 0.25) is 23.2 Å². The Kier molecular flexibility index (Phi) is 6.06. The maximum atomic E-state index is 12.8. The average Bonchev–Trinajstić information content (AvgIpc) is 2.86. The Morgan fingerprint density at radius 3 is 2.63 bits per heavy atom. The zero-order valence-corrected chi connectivity index (χ0v) is 21.1. The summed E-state index contributed by atoms with van der Waals surface area (Å²) >= 11 is 11.6. The van der Waals surface area contributed by atoms with Crippen molar-refractivity contribution in [2.24, 2.45) is 0 Å². The summed E-state index contributed by atoms with van der Waals surface area (Å²) < 4.78 is 7.79. The molecular formula is C19H13Br3N4O3S. The molecule has 0 bridgehead atoms. The van der Waals surface area contributed by atoms with E-state index in [-0.39, 0.29) is 17.5 Å². The van der Waals surface area contributed by atoms with Crippen LogP contribution in [0.2, 0.25) is 0 Å². The molecule has 0 saturated carbocycles. The van der Waals surface area contributed by atoms with Gasteiger partial charge in [0.15, 0.2) is 5.69 Å². The lowest BCUT2D eigenvalue weighted by atomic mass is 10.1. The van der Waals surface area contributed by atoms with E-state index in [1.807, 2.05) is 30.5 Å². The molecule has 3 aromatic rings. The van der Waals surface area contributed by atoms with Crippen LogP contribution in [0.25, 0.3) is 11.3 Å². The number of phenols is 1. The van der Waals surface area contributed by atoms with Gasteiger partial charge in [-0.15, -0.1) is 10.2 Å². The molecule has 1 N–H and O–H groups in total. The number of hydrogen-bond acceptors (Lipinski definition) is 7. The number of amides is 1. The number of nitrogens with zero attached hydrogens (tertiary/aromatic N) is 4. The van der Waals surface area contributed by atoms with Crippen LogP contribution < -0.4 is 9.64 Å². The molecule has 2 heterocycles. The molecular weight excluding hydrogens is 604 g/mol. The number of halogens is 3. The summed E-state index contributed by atoms with van der Waals surface area (Å²) in [5, 5.41) is 19.4. The molecule has 2 aromatic carbocycles. The molecule has 0 aliphatic carbocycles. The smallest absolute Gasteiger partial charge is 0.247 e. The van der Waals surface area contributed by atoms with Crippen molar-refractivity contribution in [1.82, 2.24) is 15.2 Å². The van der Waals surface area contributed by atoms with Crippen LogP contribution in [0.15, 0.2) is 48.9 Å². The number of carbonyl (C=O) groups excluding carboxylic acids is 1. The van der Waals surface area contributed by atoms with Crippen LogP contribution in [0.3, 0.4) is 0 Å². The Labute approximate surface area is 201 Å². The third-order valence-electron chi connectivity index (χ3n) is 4.46. The number of benzene rings is 2. The van der Waals surface area contributed by atoms with Crippen molar-refractivity contribution in [3.05, 3.63) is 49.3 Å². The molecule has 30 heavy (non-hydrogen) atoms. The van der Waals surface area contributed by atoms with E-state index in [4.69, 9.17) is 4.74 Å². The maximum absolute atomic E-state index is 12.8. The van der Waals surface area contributed by atoms with E-state index in [0.717, 1.165) is 0 Å². The molecule has 154 valence electrons. The number of aromatic hydroxyl groups is 1. The van der Waals surface area contributed by atoms with Crippen molar-refractivity contribution in [1.29, 1.82) is 0 Å². The minimum Gasteiger partial charge on any atom is -0.506 e. The van der Waals surface area contributed by atoms with Crippen LogP contribution in [0.4, 0.5) is 5.69 Å². The molecule has 11 heteroatoms. The SMILES string of the molecule is CSc1nnc2c(n1)OC(c1c(Br)cc(Br)c(O)c1Br)N(C(C)=O)c1ccccc1-2. The van der Waals surface area contributed by atoms with Crippen molar-refractivity contribution in [3.8, 4) is 22.9 Å². The van der Waals surface area contributed by atoms with E-state index in [0.29, 0.717) is 41.1 Å². The van der Waals surface area contributed by atoms with Crippen molar-refractivity contribution in [3.63, 3.8) is 0 Å². The first kappa shape index (κ1) is 21.5. The minimum absolute atomic E-state index is 0.0105. The number of aromatic nitrogens is 3. The zero-order valence-electron chi connectivity index (χ0n) is 15.6. The fraction of sp³-hybridized carbons (Fsp3) is 0.158. The fourth-order valence-electron chi connectivity index (χ4n) is 3.15. The summed E-state index contributed by atoms with van der Waals surface area (Å²) in [6.07, 6.45) is 0.909. The highest BCUT2D eigenvalue weighted by Crippen LogP contribution is 2.48. The molecule has 0 spiro atoms. The maximum Gasteiger partial charge on any atom is 0.247 e. The van der Waals surface area contributed by atoms with Gasteiger partial charge in [-0.05, 0) is 50.2 Å². The van der Waals surface area contributed by atoms with E-state index in [9.17, 15) is 9.90 Å². The van der Waals surface area contributed by atoms with Gasteiger partial charge >= 0.3 is 0 Å². The third kappa shape index (κ3) is 3.61. The number of ether oxygens (including phenoxy) is 1. The molecule has 0 fully saturated rings. The van der Waals surface area contributed by atoms with Gasteiger partial charge in [-0.2, -0.15) is 4.98 Å². The predicted octanol–water partition coefficient (Wildman–Crippen LogP) is 5.70. The van der Waals surface area contributed by atoms with Gasteiger partial charge in [0.25, 0.3) is 0 Å². The van der Waals surface area contributed by atoms with E-state index in [1.54, 1.807) is 6.07 Å². The Morgan fingerprint density at radius 1 is 1.20 bits per heavy atom. The molecule has 1 atom stereocenters. The average molecular weight is 617 g/mol. The number of thioether (sulfide) groups is 1. The lowest BCUT2D eigenvalue weighted by Crippen LogP contribution is -2.36. The summed E-state index contributed by atoms with van der Waals surface area (Å²) in [6.45, 7) is 1.45. The Hall–Kier alpha value is -1.69. The zero-order chi connectivity index (χ0) is 21.6. The predicted molar refractivity (Wildman–Crippen MR) is 125 cm³/mol. The first-order valence-electron chi connectivity index (χ1n) is 8.54. The van der Waals surface area contributed by atoms with E-state index in [2.05, 4.69) is 63.0 Å². The third-order valence-corrected chi connectivity index (χ3v) is 7.06. The van der Waals surface area contributed by atoms with Gasteiger partial charge in [0, 0.05) is 22.5 Å². The second kappa shape index (κ2) is 8.45. The largest absolute Gasteiger partial charge is 0.506 e. The quantitative estimate of drug-likeness (QED) is 0.370. The minimum atomic E-state index is -0.931. The van der Waals surface area contributed by atoms with Gasteiger partial charge in [-0.3, -0.25) is 9.69 Å². The molecule has 1 aliphatic heterocycles. The van der Waals surface area contributed by atoms with Gasteiger partial charge in [-0.25, -0.2) is 0 Å². The van der Waals surface area contributed by atoms with Crippen LogP contribution in [0.5, 0.6) is 11.6 Å². The van der Waals surface area contributed by atoms with Crippen LogP contribution in [-0.2, 0) is 4.79 Å². The van der Waals surface area contributed by atoms with Gasteiger partial charge in [0.05, 0.1) is 14.6 Å². The first-order chi connectivity index (χ1) is 14.3. The van der Waals surface area contributed by atoms with Crippen molar-refractivity contribution < 1.29 is 14.6 Å². The molecule has 1 aromatic heterocycles. The normalized spacial score (nSPS) is 15.1. The van der Waals surface area contributed by atoms with E-state index < -0.39 is 6.23 Å². The molecule has 1 aliphatic rings. The summed E-state index contributed by atoms with van der Waals surface area (Å²) in [4.78, 5) is 18.8. The van der Waals surface area contributed by atoms with Gasteiger partial charge in [0.1, 0.15) is 5.75 Å². The highest BCUT2D eigenvalue weighted by atomic mass is 79.9. The second-order valence-electron chi connectivity index (χ2n) is 6.25. The Morgan fingerprint density at radius 2 is 1.93 bits per heavy atom. The standard InChI is InChI=1S/C19H13Br3N4O3S/c1-8(27)26-12-6-4-3-5-9(12)15-17(23-19(30-2)25-24-15)29-18(26)13-10(20)7-11(21)16(28)14(13)22/h3-7,18,28H,1-2H3. The van der Waals surface area contributed by atoms with Gasteiger partial charge in [-0.1, -0.05) is 45.9 Å². The Balaban J connectivity index is 2.04. The van der Waals surface area contributed by atoms with Crippen LogP contribution in [0, 0.1) is 0 Å². The van der Waals surface area contributed by atoms with Gasteiger partial charge < -0.3 is 9.84 Å². The Bertz CT molecular complexity index is 1180. The topological polar surface area (TPSA) is 88.4 Å². The lowest BCUT2D eigenvalue weighted by molar-refractivity contribution is -0.118. The van der Waals surface area contributed by atoms with Crippen LogP contribution >= 0.6 is 59.6 Å². The summed E-state index contributed by atoms with van der Waals surface area (Å²) in [7, 11) is 0. The van der Waals surface area contributed by atoms with Crippen molar-refractivity contribution in [2.45, 2.75) is 18.3 Å². The number of phenolic OH excluding ortho intramolecular Hbond substituents is 1. The van der Waals surface area contributed by atoms with Crippen LogP contribution in [-0.4, -0.2) is 32.5 Å². The molecule has 0 radical (unpaired) electrons. The van der Waals surface area contributed by atoms with Crippen molar-refractivity contribution >= 4 is 71.1 Å². The molecule has 7 nitrogen and oxygen atoms in total. The summed E-state index contributed by atoms with van der Waals surface area (Å²) in [5.74, 6) is -0.0139. The molecule has 1 amide bonds. The summed E-state index contributed by atoms with van der Waals surface area (Å²) in [6, 6.07) is 9.03. The fourth-order valence-corrected chi connectivity index (χ4v) is 5.96. The number of carbonyl (C=O) groups is 1. The monoisotopic (exact) mass is 614 g/mol. The molecule has 0 saturated heterocycles. The number of para-hydroxylation sites is 1. The number of hydrogen-bond donors (Lipinski definition) is 1. The molecule has 1 unspecified atom stereocenters. The van der Waals surface area contributed by atoms with E-state index >= 15 is 0 Å². The van der Waals surface area contributed by atoms with Crippen molar-refractivity contribution in [2.75, 3.05) is 11.2 Å². The number of anilines is 1. The lowest BCUT2D eigenvalue weighted by Gasteiger charge is -2.31. The second-order valence-corrected chi connectivity index (χ2v) is 9.52. The van der Waals surface area contributed by atoms with Crippen LogP contribution in [0.1, 0.15) is 18.7 Å².